The summed E-state index contributed by atoms with van der Waals surface area (Å²) in [7, 11) is 0. The molecule has 41 heavy (non-hydrogen) atoms. The molecule has 0 aliphatic carbocycles. The summed E-state index contributed by atoms with van der Waals surface area (Å²) in [6.45, 7) is 4.28. The number of rotatable bonds is 9. The summed E-state index contributed by atoms with van der Waals surface area (Å²) >= 11 is 0. The van der Waals surface area contributed by atoms with Gasteiger partial charge in [0.05, 0.1) is 5.92 Å². The first-order valence-electron chi connectivity index (χ1n) is 13.4. The first-order valence-corrected chi connectivity index (χ1v) is 13.4. The number of benzene rings is 4. The average molecular weight is 547 g/mol. The van der Waals surface area contributed by atoms with E-state index in [0.29, 0.717) is 29.4 Å². The molecule has 1 atom stereocenters. The van der Waals surface area contributed by atoms with Crippen molar-refractivity contribution < 1.29 is 23.7 Å². The standard InChI is InChI=1S/C34H30N2O5/c1-3-23-11-13-26(14-12-23)39-21-32(37)40-28-15-16-29-31(18-28)41-34(36)30(19-35)33(29)25-5-4-6-27(17-25)38-20-24-9-7-22(2)8-10-24/h4-18,33H,3,20-21,36H2,1-2H3. The third-order valence-corrected chi connectivity index (χ3v) is 6.83. The van der Waals surface area contributed by atoms with Crippen LogP contribution in [0.25, 0.3) is 0 Å². The lowest BCUT2D eigenvalue weighted by molar-refractivity contribution is -0.136. The molecule has 0 saturated heterocycles. The number of ether oxygens (including phenoxy) is 4. The van der Waals surface area contributed by atoms with Crippen molar-refractivity contribution in [1.82, 2.24) is 0 Å². The molecule has 7 heteroatoms. The third kappa shape index (κ3) is 6.51. The van der Waals surface area contributed by atoms with Crippen molar-refractivity contribution >= 4 is 5.97 Å². The second-order valence-corrected chi connectivity index (χ2v) is 9.73. The van der Waals surface area contributed by atoms with Gasteiger partial charge in [-0.15, -0.1) is 0 Å². The summed E-state index contributed by atoms with van der Waals surface area (Å²) < 4.78 is 22.9. The normalized spacial score (nSPS) is 13.9. The zero-order valence-corrected chi connectivity index (χ0v) is 22.9. The van der Waals surface area contributed by atoms with Crippen LogP contribution in [0.1, 0.15) is 40.7 Å². The highest BCUT2D eigenvalue weighted by Gasteiger charge is 2.31. The number of carbonyl (C=O) groups excluding carboxylic acids is 1. The van der Waals surface area contributed by atoms with Crippen molar-refractivity contribution in [2.75, 3.05) is 6.61 Å². The van der Waals surface area contributed by atoms with Crippen molar-refractivity contribution in [1.29, 1.82) is 5.26 Å². The largest absolute Gasteiger partial charge is 0.489 e. The van der Waals surface area contributed by atoms with Crippen LogP contribution in [-0.4, -0.2) is 12.6 Å². The van der Waals surface area contributed by atoms with Gasteiger partial charge in [-0.05, 0) is 60.4 Å². The first-order chi connectivity index (χ1) is 19.9. The lowest BCUT2D eigenvalue weighted by Gasteiger charge is -2.27. The molecule has 2 N–H and O–H groups in total. The lowest BCUT2D eigenvalue weighted by atomic mass is 9.83. The number of carbonyl (C=O) groups is 1. The van der Waals surface area contributed by atoms with E-state index in [9.17, 15) is 10.1 Å². The van der Waals surface area contributed by atoms with Crippen LogP contribution in [0.3, 0.4) is 0 Å². The van der Waals surface area contributed by atoms with E-state index in [0.717, 1.165) is 23.1 Å². The van der Waals surface area contributed by atoms with E-state index in [1.165, 1.54) is 11.1 Å². The number of nitrogens with two attached hydrogens (primary N) is 1. The molecule has 1 aliphatic heterocycles. The second-order valence-electron chi connectivity index (χ2n) is 9.73. The van der Waals surface area contributed by atoms with Crippen molar-refractivity contribution in [3.05, 3.63) is 130 Å². The molecule has 1 unspecified atom stereocenters. The van der Waals surface area contributed by atoms with Crippen molar-refractivity contribution in [3.8, 4) is 29.1 Å². The maximum atomic E-state index is 12.5. The Kier molecular flexibility index (Phi) is 8.21. The summed E-state index contributed by atoms with van der Waals surface area (Å²) in [5, 5.41) is 9.94. The fraction of sp³-hybridized carbons (Fsp3) is 0.176. The molecular formula is C34H30N2O5. The zero-order chi connectivity index (χ0) is 28.8. The number of fused-ring (bicyclic) bond motifs is 1. The molecule has 0 fully saturated rings. The van der Waals surface area contributed by atoms with Gasteiger partial charge in [-0.25, -0.2) is 4.79 Å². The highest BCUT2D eigenvalue weighted by molar-refractivity contribution is 5.74. The summed E-state index contributed by atoms with van der Waals surface area (Å²) in [5.74, 6) is 0.894. The van der Waals surface area contributed by atoms with Crippen LogP contribution in [-0.2, 0) is 17.8 Å². The Labute approximate surface area is 239 Å². The van der Waals surface area contributed by atoms with E-state index in [1.54, 1.807) is 18.2 Å². The predicted octanol–water partition coefficient (Wildman–Crippen LogP) is 6.34. The fourth-order valence-electron chi connectivity index (χ4n) is 4.60. The Hall–Kier alpha value is -5.22. The molecule has 0 saturated carbocycles. The fourth-order valence-corrected chi connectivity index (χ4v) is 4.60. The SMILES string of the molecule is CCc1ccc(OCC(=O)Oc2ccc3c(c2)OC(N)=C(C#N)C3c2cccc(OCc3ccc(C)cc3)c2)cc1. The van der Waals surface area contributed by atoms with Crippen molar-refractivity contribution in [3.63, 3.8) is 0 Å². The molecule has 1 aliphatic rings. The van der Waals surface area contributed by atoms with Crippen LogP contribution in [0.2, 0.25) is 0 Å². The molecule has 7 nitrogen and oxygen atoms in total. The van der Waals surface area contributed by atoms with Crippen LogP contribution in [0.4, 0.5) is 0 Å². The van der Waals surface area contributed by atoms with Gasteiger partial charge in [-0.2, -0.15) is 5.26 Å². The molecule has 4 aromatic rings. The highest BCUT2D eigenvalue weighted by Crippen LogP contribution is 2.44. The Bertz CT molecular complexity index is 1620. The summed E-state index contributed by atoms with van der Waals surface area (Å²) in [6.07, 6.45) is 0.923. The van der Waals surface area contributed by atoms with E-state index < -0.39 is 11.9 Å². The number of hydrogen-bond acceptors (Lipinski definition) is 7. The predicted molar refractivity (Wildman–Crippen MR) is 155 cm³/mol. The zero-order valence-electron chi connectivity index (χ0n) is 22.9. The molecule has 0 radical (unpaired) electrons. The van der Waals surface area contributed by atoms with Gasteiger partial charge in [0.2, 0.25) is 5.88 Å². The number of nitriles is 1. The molecule has 0 aromatic heterocycles. The van der Waals surface area contributed by atoms with Gasteiger partial charge in [-0.3, -0.25) is 0 Å². The minimum absolute atomic E-state index is 0.00156. The maximum absolute atomic E-state index is 12.5. The molecule has 0 bridgehead atoms. The Morgan fingerprint density at radius 3 is 2.37 bits per heavy atom. The van der Waals surface area contributed by atoms with Gasteiger partial charge in [-0.1, -0.05) is 67.1 Å². The van der Waals surface area contributed by atoms with E-state index in [2.05, 4.69) is 13.0 Å². The first kappa shape index (κ1) is 27.4. The van der Waals surface area contributed by atoms with Gasteiger partial charge >= 0.3 is 5.97 Å². The Balaban J connectivity index is 1.31. The van der Waals surface area contributed by atoms with E-state index >= 15 is 0 Å². The minimum atomic E-state index is -0.559. The number of hydrogen-bond donors (Lipinski definition) is 1. The third-order valence-electron chi connectivity index (χ3n) is 6.83. The molecule has 206 valence electrons. The summed E-state index contributed by atoms with van der Waals surface area (Å²) in [5.41, 5.74) is 11.4. The van der Waals surface area contributed by atoms with Crippen LogP contribution < -0.4 is 24.7 Å². The maximum Gasteiger partial charge on any atom is 0.349 e. The van der Waals surface area contributed by atoms with Crippen LogP contribution >= 0.6 is 0 Å². The average Bonchev–Trinajstić information content (AvgIpc) is 2.99. The van der Waals surface area contributed by atoms with Crippen molar-refractivity contribution in [2.45, 2.75) is 32.8 Å². The van der Waals surface area contributed by atoms with Crippen LogP contribution in [0.15, 0.2) is 102 Å². The van der Waals surface area contributed by atoms with E-state index in [4.69, 9.17) is 24.7 Å². The van der Waals surface area contributed by atoms with Crippen LogP contribution in [0.5, 0.6) is 23.0 Å². The number of nitrogens with zero attached hydrogens (tertiary/aromatic N) is 1. The molecule has 0 amide bonds. The molecule has 4 aromatic carbocycles. The summed E-state index contributed by atoms with van der Waals surface area (Å²) in [6, 6.07) is 30.5. The minimum Gasteiger partial charge on any atom is -0.489 e. The monoisotopic (exact) mass is 546 g/mol. The number of aryl methyl sites for hydroxylation is 2. The van der Waals surface area contributed by atoms with Gasteiger partial charge < -0.3 is 24.7 Å². The Morgan fingerprint density at radius 2 is 1.63 bits per heavy atom. The van der Waals surface area contributed by atoms with E-state index in [-0.39, 0.29) is 18.2 Å². The second kappa shape index (κ2) is 12.3. The van der Waals surface area contributed by atoms with Crippen molar-refractivity contribution in [2.24, 2.45) is 5.73 Å². The molecule has 5 rings (SSSR count). The molecule has 1 heterocycles. The van der Waals surface area contributed by atoms with Gasteiger partial charge in [0.25, 0.3) is 0 Å². The van der Waals surface area contributed by atoms with E-state index in [1.807, 2.05) is 79.7 Å². The van der Waals surface area contributed by atoms with Gasteiger partial charge in [0, 0.05) is 11.6 Å². The quantitative estimate of drug-likeness (QED) is 0.193. The summed E-state index contributed by atoms with van der Waals surface area (Å²) in [4.78, 5) is 12.5. The number of esters is 1. The van der Waals surface area contributed by atoms with Gasteiger partial charge in [0.15, 0.2) is 6.61 Å². The smallest absolute Gasteiger partial charge is 0.349 e. The lowest BCUT2D eigenvalue weighted by Crippen LogP contribution is -2.21. The Morgan fingerprint density at radius 1 is 0.902 bits per heavy atom. The topological polar surface area (TPSA) is 104 Å². The highest BCUT2D eigenvalue weighted by atomic mass is 16.6. The number of allylic oxidation sites excluding steroid dienone is 1. The van der Waals surface area contributed by atoms with Gasteiger partial charge in [0.1, 0.15) is 41.2 Å². The van der Waals surface area contributed by atoms with Crippen LogP contribution in [0, 0.1) is 18.3 Å². The molecular weight excluding hydrogens is 516 g/mol. The molecule has 0 spiro atoms.